The first-order chi connectivity index (χ1) is 17.7. The predicted octanol–water partition coefficient (Wildman–Crippen LogP) is 8.34. The number of anilines is 1. The largest absolute Gasteiger partial charge is 0.489 e. The summed E-state index contributed by atoms with van der Waals surface area (Å²) in [7, 11) is 0. The fourth-order valence-electron chi connectivity index (χ4n) is 4.97. The van der Waals surface area contributed by atoms with E-state index in [0.29, 0.717) is 24.7 Å². The lowest BCUT2D eigenvalue weighted by atomic mass is 9.71. The average molecular weight is 498 g/mol. The quantitative estimate of drug-likeness (QED) is 0.302. The molecule has 37 heavy (non-hydrogen) atoms. The Balaban J connectivity index is 1.69. The van der Waals surface area contributed by atoms with Crippen LogP contribution in [0.4, 0.5) is 5.69 Å². The summed E-state index contributed by atoms with van der Waals surface area (Å²) in [5.41, 5.74) is 7.85. The summed E-state index contributed by atoms with van der Waals surface area (Å²) < 4.78 is 11.6. The third-order valence-electron chi connectivity index (χ3n) is 7.13. The number of benzene rings is 3. The third-order valence-corrected chi connectivity index (χ3v) is 7.13. The molecular formula is C33H39NO3. The molecule has 0 heterocycles. The first-order valence-corrected chi connectivity index (χ1v) is 13.3. The fourth-order valence-corrected chi connectivity index (χ4v) is 4.97. The average Bonchev–Trinajstić information content (AvgIpc) is 2.88. The summed E-state index contributed by atoms with van der Waals surface area (Å²) in [6, 6.07) is 22.3. The van der Waals surface area contributed by atoms with E-state index in [2.05, 4.69) is 70.3 Å². The number of carbonyl (C=O) groups is 1. The molecule has 1 aliphatic rings. The van der Waals surface area contributed by atoms with Crippen LogP contribution in [0, 0.1) is 5.92 Å². The summed E-state index contributed by atoms with van der Waals surface area (Å²) in [5.74, 6) is 1.05. The van der Waals surface area contributed by atoms with Gasteiger partial charge in [0.2, 0.25) is 0 Å². The maximum Gasteiger partial charge on any atom is 0.338 e. The van der Waals surface area contributed by atoms with Crippen LogP contribution in [0.3, 0.4) is 0 Å². The number of hydrogen-bond acceptors (Lipinski definition) is 4. The molecule has 1 unspecified atom stereocenters. The molecule has 3 aromatic rings. The molecule has 0 fully saturated rings. The summed E-state index contributed by atoms with van der Waals surface area (Å²) in [4.78, 5) is 12.0. The first kappa shape index (κ1) is 26.5. The number of esters is 1. The van der Waals surface area contributed by atoms with E-state index in [-0.39, 0.29) is 17.4 Å². The van der Waals surface area contributed by atoms with Crippen molar-refractivity contribution in [1.29, 1.82) is 0 Å². The van der Waals surface area contributed by atoms with E-state index in [4.69, 9.17) is 9.47 Å². The number of allylic oxidation sites excluding steroid dienone is 2. The van der Waals surface area contributed by atoms with E-state index in [9.17, 15) is 4.79 Å². The second kappa shape index (κ2) is 11.2. The van der Waals surface area contributed by atoms with Gasteiger partial charge in [-0.25, -0.2) is 4.79 Å². The number of nitrogens with one attached hydrogen (secondary N) is 1. The smallest absolute Gasteiger partial charge is 0.338 e. The van der Waals surface area contributed by atoms with Gasteiger partial charge in [-0.2, -0.15) is 0 Å². The maximum absolute atomic E-state index is 12.0. The molecular weight excluding hydrogens is 458 g/mol. The number of ether oxygens (including phenoxy) is 2. The van der Waals surface area contributed by atoms with Crippen molar-refractivity contribution in [2.75, 3.05) is 11.9 Å². The second-order valence-corrected chi connectivity index (χ2v) is 10.8. The Morgan fingerprint density at radius 1 is 1.00 bits per heavy atom. The highest BCUT2D eigenvalue weighted by atomic mass is 16.5. The van der Waals surface area contributed by atoms with Crippen LogP contribution in [0.15, 0.2) is 72.8 Å². The minimum Gasteiger partial charge on any atom is -0.489 e. The molecule has 1 aliphatic carbocycles. The molecule has 4 heteroatoms. The van der Waals surface area contributed by atoms with Crippen molar-refractivity contribution in [2.45, 2.75) is 66.0 Å². The first-order valence-electron chi connectivity index (χ1n) is 13.3. The van der Waals surface area contributed by atoms with Crippen LogP contribution >= 0.6 is 0 Å². The van der Waals surface area contributed by atoms with E-state index in [0.717, 1.165) is 29.0 Å². The van der Waals surface area contributed by atoms with Crippen molar-refractivity contribution >= 4 is 17.2 Å². The molecule has 1 N–H and O–H groups in total. The molecule has 4 nitrogen and oxygen atoms in total. The van der Waals surface area contributed by atoms with E-state index >= 15 is 0 Å². The Kier molecular flexibility index (Phi) is 8.06. The van der Waals surface area contributed by atoms with Gasteiger partial charge in [0.15, 0.2) is 0 Å². The van der Waals surface area contributed by atoms with Crippen LogP contribution in [0.5, 0.6) is 5.75 Å². The molecule has 0 bridgehead atoms. The maximum atomic E-state index is 12.0. The lowest BCUT2D eigenvalue weighted by molar-refractivity contribution is 0.0526. The Morgan fingerprint density at radius 2 is 1.70 bits per heavy atom. The molecule has 1 atom stereocenters. The van der Waals surface area contributed by atoms with E-state index < -0.39 is 0 Å². The van der Waals surface area contributed by atoms with Crippen molar-refractivity contribution < 1.29 is 14.3 Å². The Morgan fingerprint density at radius 3 is 2.35 bits per heavy atom. The summed E-state index contributed by atoms with van der Waals surface area (Å²) >= 11 is 0. The van der Waals surface area contributed by atoms with Gasteiger partial charge in [-0.15, -0.1) is 0 Å². The van der Waals surface area contributed by atoms with Gasteiger partial charge in [0.1, 0.15) is 12.4 Å². The minimum absolute atomic E-state index is 0.0111. The van der Waals surface area contributed by atoms with Gasteiger partial charge in [-0.05, 0) is 90.3 Å². The summed E-state index contributed by atoms with van der Waals surface area (Å²) in [6.07, 6.45) is 3.43. The van der Waals surface area contributed by atoms with Gasteiger partial charge in [-0.3, -0.25) is 0 Å². The van der Waals surface area contributed by atoms with Crippen molar-refractivity contribution in [2.24, 2.45) is 5.92 Å². The zero-order valence-electron chi connectivity index (χ0n) is 22.9. The minimum atomic E-state index is -0.302. The predicted molar refractivity (Wildman–Crippen MR) is 152 cm³/mol. The zero-order valence-corrected chi connectivity index (χ0v) is 22.9. The Bertz CT molecular complexity index is 1260. The highest BCUT2D eigenvalue weighted by Crippen LogP contribution is 2.45. The van der Waals surface area contributed by atoms with Crippen LogP contribution in [0.1, 0.15) is 86.6 Å². The zero-order chi connectivity index (χ0) is 26.6. The van der Waals surface area contributed by atoms with Gasteiger partial charge in [0.25, 0.3) is 0 Å². The van der Waals surface area contributed by atoms with Crippen LogP contribution in [-0.2, 0) is 16.8 Å². The SMILES string of the molecule is CCOC(=O)c1ccc(NC(C)c2cc3c(cc2OCc2ccccc2)C(C)(C)CC=C3C(C)C)cc1. The molecule has 0 amide bonds. The van der Waals surface area contributed by atoms with Crippen LogP contribution in [0.25, 0.3) is 5.57 Å². The van der Waals surface area contributed by atoms with Crippen molar-refractivity contribution in [3.63, 3.8) is 0 Å². The van der Waals surface area contributed by atoms with E-state index in [1.807, 2.05) is 37.3 Å². The fraction of sp³-hybridized carbons (Fsp3) is 0.364. The lowest BCUT2D eigenvalue weighted by Gasteiger charge is -2.35. The summed E-state index contributed by atoms with van der Waals surface area (Å²) in [6.45, 7) is 14.0. The van der Waals surface area contributed by atoms with E-state index in [1.165, 1.54) is 16.7 Å². The second-order valence-electron chi connectivity index (χ2n) is 10.8. The molecule has 0 aromatic heterocycles. The van der Waals surface area contributed by atoms with Crippen molar-refractivity contribution in [3.8, 4) is 5.75 Å². The number of hydrogen-bond donors (Lipinski definition) is 1. The Labute approximate surface area is 221 Å². The van der Waals surface area contributed by atoms with Gasteiger partial charge in [-0.1, -0.05) is 64.1 Å². The number of carbonyl (C=O) groups excluding carboxylic acids is 1. The highest BCUT2D eigenvalue weighted by molar-refractivity contribution is 5.89. The molecule has 0 radical (unpaired) electrons. The van der Waals surface area contributed by atoms with Gasteiger partial charge < -0.3 is 14.8 Å². The van der Waals surface area contributed by atoms with Crippen LogP contribution in [0.2, 0.25) is 0 Å². The van der Waals surface area contributed by atoms with Crippen molar-refractivity contribution in [3.05, 3.63) is 101 Å². The monoisotopic (exact) mass is 497 g/mol. The normalized spacial score (nSPS) is 14.9. The molecule has 4 rings (SSSR count). The standard InChI is InChI=1S/C33H39NO3/c1-7-36-32(35)25-13-15-26(16-14-25)34-23(4)28-19-29-27(22(2)3)17-18-33(5,6)30(29)20-31(28)37-21-24-11-9-8-10-12-24/h8-17,19-20,22-23,34H,7,18,21H2,1-6H3. The van der Waals surface area contributed by atoms with Crippen molar-refractivity contribution in [1.82, 2.24) is 0 Å². The molecule has 0 saturated heterocycles. The summed E-state index contributed by atoms with van der Waals surface area (Å²) in [5, 5.41) is 3.61. The Hall–Kier alpha value is -3.53. The van der Waals surface area contributed by atoms with Gasteiger partial charge in [0.05, 0.1) is 18.2 Å². The van der Waals surface area contributed by atoms with Crippen LogP contribution < -0.4 is 10.1 Å². The van der Waals surface area contributed by atoms with Gasteiger partial charge in [0, 0.05) is 11.3 Å². The topological polar surface area (TPSA) is 47.6 Å². The molecule has 0 aliphatic heterocycles. The number of rotatable bonds is 9. The van der Waals surface area contributed by atoms with Gasteiger partial charge >= 0.3 is 5.97 Å². The molecule has 0 saturated carbocycles. The van der Waals surface area contributed by atoms with Crippen LogP contribution in [-0.4, -0.2) is 12.6 Å². The number of fused-ring (bicyclic) bond motifs is 1. The third kappa shape index (κ3) is 6.07. The van der Waals surface area contributed by atoms with E-state index in [1.54, 1.807) is 12.1 Å². The molecule has 194 valence electrons. The molecule has 3 aromatic carbocycles. The lowest BCUT2D eigenvalue weighted by Crippen LogP contribution is -2.24. The highest BCUT2D eigenvalue weighted by Gasteiger charge is 2.31. The molecule has 0 spiro atoms.